The summed E-state index contributed by atoms with van der Waals surface area (Å²) in [5.41, 5.74) is -0.288. The highest BCUT2D eigenvalue weighted by atomic mass is 16.7. The second kappa shape index (κ2) is 4.30. The zero-order chi connectivity index (χ0) is 13.2. The maximum absolute atomic E-state index is 11.4. The van der Waals surface area contributed by atoms with Crippen LogP contribution in [0.1, 0.15) is 17.3 Å². The molecule has 0 aromatic heterocycles. The monoisotopic (exact) mass is 242 g/mol. The Kier molecular flexibility index (Phi) is 3.23. The van der Waals surface area contributed by atoms with E-state index in [1.54, 1.807) is 0 Å². The summed E-state index contributed by atoms with van der Waals surface area (Å²) in [4.78, 5) is 21.9. The number of aliphatic carboxylic acids is 1. The van der Waals surface area contributed by atoms with Gasteiger partial charge >= 0.3 is 17.7 Å². The third-order valence-electron chi connectivity index (χ3n) is 1.83. The molecule has 7 nitrogen and oxygen atoms in total. The van der Waals surface area contributed by atoms with Crippen molar-refractivity contribution < 1.29 is 34.8 Å². The summed E-state index contributed by atoms with van der Waals surface area (Å²) < 4.78 is 4.29. The van der Waals surface area contributed by atoms with Gasteiger partial charge in [-0.05, 0) is 12.1 Å². The number of carbonyl (C=O) groups excluding carboxylic acids is 1. The molecule has 4 N–H and O–H groups in total. The molecule has 0 aliphatic rings. The summed E-state index contributed by atoms with van der Waals surface area (Å²) in [6.07, 6.45) is 0. The summed E-state index contributed by atoms with van der Waals surface area (Å²) in [5.74, 6) is -6.41. The smallest absolute Gasteiger partial charge is 0.376 e. The van der Waals surface area contributed by atoms with Crippen LogP contribution in [0, 0.1) is 0 Å². The van der Waals surface area contributed by atoms with Gasteiger partial charge in [0.15, 0.2) is 0 Å². The number of aromatic hydroxyl groups is 2. The van der Waals surface area contributed by atoms with Gasteiger partial charge in [-0.15, -0.1) is 0 Å². The molecule has 1 aromatic carbocycles. The van der Waals surface area contributed by atoms with Crippen molar-refractivity contribution in [3.8, 4) is 11.5 Å². The van der Waals surface area contributed by atoms with Crippen LogP contribution in [0.3, 0.4) is 0 Å². The molecule has 1 unspecified atom stereocenters. The first-order chi connectivity index (χ1) is 7.72. The molecule has 0 aliphatic carbocycles. The van der Waals surface area contributed by atoms with Gasteiger partial charge in [-0.3, -0.25) is 0 Å². The van der Waals surface area contributed by atoms with Crippen molar-refractivity contribution in [1.29, 1.82) is 0 Å². The first-order valence-corrected chi connectivity index (χ1v) is 4.44. The molecule has 0 spiro atoms. The van der Waals surface area contributed by atoms with E-state index in [0.29, 0.717) is 0 Å². The lowest BCUT2D eigenvalue weighted by molar-refractivity contribution is -0.197. The lowest BCUT2D eigenvalue weighted by Gasteiger charge is -2.18. The van der Waals surface area contributed by atoms with Gasteiger partial charge in [0, 0.05) is 13.0 Å². The van der Waals surface area contributed by atoms with Gasteiger partial charge in [-0.1, -0.05) is 0 Å². The number of rotatable bonds is 3. The van der Waals surface area contributed by atoms with Crippen molar-refractivity contribution in [3.05, 3.63) is 23.8 Å². The van der Waals surface area contributed by atoms with Crippen LogP contribution in [0.4, 0.5) is 0 Å². The van der Waals surface area contributed by atoms with E-state index in [1.807, 2.05) is 0 Å². The Morgan fingerprint density at radius 2 is 1.65 bits per heavy atom. The Labute approximate surface area is 95.5 Å². The van der Waals surface area contributed by atoms with Gasteiger partial charge < -0.3 is 25.2 Å². The van der Waals surface area contributed by atoms with Crippen LogP contribution in [-0.2, 0) is 9.53 Å². The number of phenols is 2. The molecular weight excluding hydrogens is 232 g/mol. The zero-order valence-electron chi connectivity index (χ0n) is 8.75. The van der Waals surface area contributed by atoms with Crippen molar-refractivity contribution in [3.63, 3.8) is 0 Å². The van der Waals surface area contributed by atoms with E-state index in [9.17, 15) is 14.7 Å². The van der Waals surface area contributed by atoms with E-state index >= 15 is 0 Å². The van der Waals surface area contributed by atoms with E-state index in [-0.39, 0.29) is 5.56 Å². The summed E-state index contributed by atoms with van der Waals surface area (Å²) in [5, 5.41) is 35.9. The minimum Gasteiger partial charge on any atom is -0.508 e. The Morgan fingerprint density at radius 1 is 1.18 bits per heavy atom. The largest absolute Gasteiger partial charge is 0.508 e. The number of aliphatic hydroxyl groups is 1. The van der Waals surface area contributed by atoms with E-state index < -0.39 is 29.2 Å². The molecule has 0 amide bonds. The van der Waals surface area contributed by atoms with Crippen LogP contribution >= 0.6 is 0 Å². The van der Waals surface area contributed by atoms with E-state index in [4.69, 9.17) is 15.3 Å². The third-order valence-corrected chi connectivity index (χ3v) is 1.83. The number of phenolic OH excluding ortho intramolecular Hbond substituents is 2. The lowest BCUT2D eigenvalue weighted by Crippen LogP contribution is -2.40. The molecule has 0 saturated heterocycles. The maximum Gasteiger partial charge on any atom is 0.376 e. The fourth-order valence-corrected chi connectivity index (χ4v) is 0.996. The fraction of sp³-hybridized carbons (Fsp3) is 0.200. The van der Waals surface area contributed by atoms with Crippen LogP contribution in [-0.4, -0.2) is 38.2 Å². The summed E-state index contributed by atoms with van der Waals surface area (Å²) in [6, 6.07) is 2.89. The van der Waals surface area contributed by atoms with Crippen LogP contribution in [0.5, 0.6) is 11.5 Å². The molecule has 17 heavy (non-hydrogen) atoms. The molecule has 0 fully saturated rings. The fourth-order valence-electron chi connectivity index (χ4n) is 0.996. The molecule has 1 rings (SSSR count). The molecule has 1 atom stereocenters. The summed E-state index contributed by atoms with van der Waals surface area (Å²) >= 11 is 0. The van der Waals surface area contributed by atoms with Gasteiger partial charge in [0.25, 0.3) is 0 Å². The summed E-state index contributed by atoms with van der Waals surface area (Å²) in [6.45, 7) is 0.774. The molecular formula is C10H10O7. The van der Waals surface area contributed by atoms with Crippen molar-refractivity contribution in [2.75, 3.05) is 0 Å². The average molecular weight is 242 g/mol. The number of carboxylic acids is 1. The first kappa shape index (κ1) is 12.8. The summed E-state index contributed by atoms with van der Waals surface area (Å²) in [7, 11) is 0. The number of carbonyl (C=O) groups is 2. The lowest BCUT2D eigenvalue weighted by atomic mass is 10.2. The minimum absolute atomic E-state index is 0.288. The van der Waals surface area contributed by atoms with Crippen LogP contribution in [0.15, 0.2) is 18.2 Å². The highest BCUT2D eigenvalue weighted by Gasteiger charge is 2.35. The van der Waals surface area contributed by atoms with Crippen LogP contribution in [0.25, 0.3) is 0 Å². The average Bonchev–Trinajstić information content (AvgIpc) is 2.15. The number of hydrogen-bond acceptors (Lipinski definition) is 6. The first-order valence-electron chi connectivity index (χ1n) is 4.44. The number of carboxylic acid groups (broad SMARTS) is 1. The maximum atomic E-state index is 11.4. The van der Waals surface area contributed by atoms with Gasteiger partial charge in [0.2, 0.25) is 0 Å². The van der Waals surface area contributed by atoms with Gasteiger partial charge in [0.1, 0.15) is 11.5 Å². The molecule has 0 radical (unpaired) electrons. The third kappa shape index (κ3) is 3.08. The van der Waals surface area contributed by atoms with E-state index in [1.165, 1.54) is 0 Å². The normalized spacial score (nSPS) is 13.8. The molecule has 0 heterocycles. The number of ether oxygens (including phenoxy) is 1. The predicted molar refractivity (Wildman–Crippen MR) is 53.4 cm³/mol. The van der Waals surface area contributed by atoms with E-state index in [2.05, 4.69) is 4.74 Å². The molecule has 1 aromatic rings. The van der Waals surface area contributed by atoms with Gasteiger partial charge in [-0.25, -0.2) is 9.59 Å². The van der Waals surface area contributed by atoms with Gasteiger partial charge in [-0.2, -0.15) is 0 Å². The van der Waals surface area contributed by atoms with Crippen LogP contribution < -0.4 is 0 Å². The zero-order valence-corrected chi connectivity index (χ0v) is 8.75. The standard InChI is InChI=1S/C10H10O7/c1-10(16,9(14)15)17-8(13)5-2-6(11)4-7(12)3-5/h2-4,11-12,16H,1H3,(H,14,15). The predicted octanol–water partition coefficient (Wildman–Crippen LogP) is 0.0477. The number of hydrogen-bond donors (Lipinski definition) is 4. The Hall–Kier alpha value is -2.28. The molecule has 92 valence electrons. The second-order valence-corrected chi connectivity index (χ2v) is 3.42. The Morgan fingerprint density at radius 3 is 2.06 bits per heavy atom. The Balaban J connectivity index is 2.94. The molecule has 7 heteroatoms. The Bertz CT molecular complexity index is 443. The van der Waals surface area contributed by atoms with Crippen molar-refractivity contribution in [2.45, 2.75) is 12.7 Å². The second-order valence-electron chi connectivity index (χ2n) is 3.42. The topological polar surface area (TPSA) is 124 Å². The van der Waals surface area contributed by atoms with Crippen molar-refractivity contribution in [1.82, 2.24) is 0 Å². The minimum atomic E-state index is -2.68. The number of benzene rings is 1. The quantitative estimate of drug-likeness (QED) is 0.436. The highest BCUT2D eigenvalue weighted by Crippen LogP contribution is 2.22. The molecule has 0 saturated carbocycles. The SMILES string of the molecule is CC(O)(OC(=O)c1cc(O)cc(O)c1)C(=O)O. The number of esters is 1. The highest BCUT2D eigenvalue weighted by molar-refractivity contribution is 5.92. The molecule has 0 bridgehead atoms. The van der Waals surface area contributed by atoms with Crippen molar-refractivity contribution in [2.24, 2.45) is 0 Å². The van der Waals surface area contributed by atoms with Gasteiger partial charge in [0.05, 0.1) is 5.56 Å². The van der Waals surface area contributed by atoms with Crippen molar-refractivity contribution >= 4 is 11.9 Å². The molecule has 0 aliphatic heterocycles. The van der Waals surface area contributed by atoms with E-state index in [0.717, 1.165) is 25.1 Å². The van der Waals surface area contributed by atoms with Crippen LogP contribution in [0.2, 0.25) is 0 Å².